The zero-order chi connectivity index (χ0) is 13.8. The number of ether oxygens (including phenoxy) is 2. The van der Waals surface area contributed by atoms with Crippen LogP contribution in [0.1, 0.15) is 41.6 Å². The van der Waals surface area contributed by atoms with Gasteiger partial charge in [0.25, 0.3) is 0 Å². The molecule has 19 heavy (non-hydrogen) atoms. The van der Waals surface area contributed by atoms with E-state index in [0.29, 0.717) is 23.6 Å². The lowest BCUT2D eigenvalue weighted by Gasteiger charge is -2.25. The second kappa shape index (κ2) is 5.95. The van der Waals surface area contributed by atoms with E-state index in [9.17, 15) is 4.79 Å². The van der Waals surface area contributed by atoms with Crippen LogP contribution in [-0.2, 0) is 4.74 Å². The summed E-state index contributed by atoms with van der Waals surface area (Å²) in [7, 11) is 1.35. The number of esters is 1. The maximum Gasteiger partial charge on any atom is 0.340 e. The van der Waals surface area contributed by atoms with Crippen molar-refractivity contribution in [3.63, 3.8) is 0 Å². The molecule has 0 atom stereocenters. The molecule has 0 unspecified atom stereocenters. The number of nitrogen functional groups attached to an aromatic ring is 1. The van der Waals surface area contributed by atoms with Crippen LogP contribution in [-0.4, -0.2) is 19.7 Å². The van der Waals surface area contributed by atoms with E-state index in [1.54, 1.807) is 6.07 Å². The van der Waals surface area contributed by atoms with Gasteiger partial charge in [0.05, 0.1) is 19.3 Å². The first-order valence-corrected chi connectivity index (χ1v) is 6.73. The summed E-state index contributed by atoms with van der Waals surface area (Å²) in [6.45, 7) is 2.55. The topological polar surface area (TPSA) is 61.5 Å². The van der Waals surface area contributed by atoms with Crippen LogP contribution in [0, 0.1) is 12.8 Å². The van der Waals surface area contributed by atoms with Crippen molar-refractivity contribution in [1.29, 1.82) is 0 Å². The van der Waals surface area contributed by atoms with Gasteiger partial charge in [0.2, 0.25) is 0 Å². The lowest BCUT2D eigenvalue weighted by atomic mass is 9.83. The normalized spacial score (nSPS) is 14.8. The molecule has 0 aromatic heterocycles. The van der Waals surface area contributed by atoms with Gasteiger partial charge in [-0.25, -0.2) is 4.79 Å². The summed E-state index contributed by atoms with van der Waals surface area (Å²) >= 11 is 0. The third-order valence-corrected chi connectivity index (χ3v) is 3.79. The Morgan fingerprint density at radius 3 is 2.74 bits per heavy atom. The van der Waals surface area contributed by atoms with Crippen molar-refractivity contribution in [1.82, 2.24) is 0 Å². The highest BCUT2D eigenvalue weighted by Gasteiger charge is 2.18. The number of carbonyl (C=O) groups is 1. The Morgan fingerprint density at radius 1 is 1.42 bits per heavy atom. The minimum absolute atomic E-state index is 0.376. The van der Waals surface area contributed by atoms with Crippen molar-refractivity contribution < 1.29 is 14.3 Å². The van der Waals surface area contributed by atoms with Crippen molar-refractivity contribution in [3.05, 3.63) is 23.3 Å². The number of nitrogens with two attached hydrogens (primary N) is 1. The molecule has 1 aliphatic rings. The largest absolute Gasteiger partial charge is 0.494 e. The van der Waals surface area contributed by atoms with Crippen molar-refractivity contribution in [3.8, 4) is 5.75 Å². The molecular formula is C15H21NO3. The molecule has 1 aliphatic carbocycles. The molecule has 0 heterocycles. The van der Waals surface area contributed by atoms with Crippen molar-refractivity contribution in [2.45, 2.75) is 32.6 Å². The fraction of sp³-hybridized carbons (Fsp3) is 0.533. The predicted octanol–water partition coefficient (Wildman–Crippen LogP) is 2.93. The van der Waals surface area contributed by atoms with Crippen LogP contribution < -0.4 is 10.5 Å². The average molecular weight is 263 g/mol. The molecule has 104 valence electrons. The minimum Gasteiger partial charge on any atom is -0.494 e. The fourth-order valence-electron chi connectivity index (χ4n) is 2.25. The Hall–Kier alpha value is -1.71. The smallest absolute Gasteiger partial charge is 0.340 e. The maximum absolute atomic E-state index is 11.6. The van der Waals surface area contributed by atoms with E-state index in [-0.39, 0.29) is 0 Å². The Morgan fingerprint density at radius 2 is 2.16 bits per heavy atom. The van der Waals surface area contributed by atoms with E-state index >= 15 is 0 Å². The molecule has 1 aromatic rings. The third-order valence-electron chi connectivity index (χ3n) is 3.79. The number of hydrogen-bond acceptors (Lipinski definition) is 4. The van der Waals surface area contributed by atoms with E-state index in [0.717, 1.165) is 17.9 Å². The van der Waals surface area contributed by atoms with Gasteiger partial charge in [-0.1, -0.05) is 19.3 Å². The second-order valence-corrected chi connectivity index (χ2v) is 5.13. The molecule has 2 rings (SSSR count). The molecule has 0 spiro atoms. The summed E-state index contributed by atoms with van der Waals surface area (Å²) in [4.78, 5) is 11.6. The van der Waals surface area contributed by atoms with Crippen LogP contribution in [0.4, 0.5) is 5.69 Å². The highest BCUT2D eigenvalue weighted by Crippen LogP contribution is 2.30. The molecule has 4 heteroatoms. The molecule has 0 aliphatic heterocycles. The number of methoxy groups -OCH3 is 1. The lowest BCUT2D eigenvalue weighted by molar-refractivity contribution is 0.0601. The molecule has 0 radical (unpaired) electrons. The quantitative estimate of drug-likeness (QED) is 0.655. The van der Waals surface area contributed by atoms with E-state index in [4.69, 9.17) is 15.2 Å². The first-order valence-electron chi connectivity index (χ1n) is 6.73. The van der Waals surface area contributed by atoms with Gasteiger partial charge >= 0.3 is 5.97 Å². The third kappa shape index (κ3) is 3.19. The van der Waals surface area contributed by atoms with Gasteiger partial charge in [0, 0.05) is 5.69 Å². The number of benzene rings is 1. The highest BCUT2D eigenvalue weighted by molar-refractivity contribution is 5.96. The van der Waals surface area contributed by atoms with Crippen molar-refractivity contribution >= 4 is 11.7 Å². The molecule has 0 bridgehead atoms. The Bertz CT molecular complexity index is 467. The number of rotatable bonds is 5. The molecule has 0 amide bonds. The first-order chi connectivity index (χ1) is 9.11. The minimum atomic E-state index is -0.426. The molecule has 4 nitrogen and oxygen atoms in total. The van der Waals surface area contributed by atoms with Crippen molar-refractivity contribution in [2.75, 3.05) is 19.5 Å². The fourth-order valence-corrected chi connectivity index (χ4v) is 2.25. The molecule has 1 aromatic carbocycles. The van der Waals surface area contributed by atoms with Crippen LogP contribution in [0.5, 0.6) is 5.75 Å². The summed E-state index contributed by atoms with van der Waals surface area (Å²) in [5.74, 6) is 1.08. The summed E-state index contributed by atoms with van der Waals surface area (Å²) < 4.78 is 10.4. The number of aryl methyl sites for hydroxylation is 1. The van der Waals surface area contributed by atoms with Crippen LogP contribution in [0.25, 0.3) is 0 Å². The van der Waals surface area contributed by atoms with Gasteiger partial charge in [0.1, 0.15) is 5.75 Å². The average Bonchev–Trinajstić information content (AvgIpc) is 2.35. The van der Waals surface area contributed by atoms with E-state index < -0.39 is 5.97 Å². The zero-order valence-electron chi connectivity index (χ0n) is 11.6. The lowest BCUT2D eigenvalue weighted by Crippen LogP contribution is -2.15. The molecule has 0 saturated heterocycles. The predicted molar refractivity (Wildman–Crippen MR) is 74.4 cm³/mol. The van der Waals surface area contributed by atoms with E-state index in [1.807, 2.05) is 13.0 Å². The van der Waals surface area contributed by atoms with Gasteiger partial charge < -0.3 is 15.2 Å². The summed E-state index contributed by atoms with van der Waals surface area (Å²) in [5.41, 5.74) is 7.55. The Balaban J connectivity index is 2.03. The van der Waals surface area contributed by atoms with Gasteiger partial charge in [-0.2, -0.15) is 0 Å². The monoisotopic (exact) mass is 263 g/mol. The second-order valence-electron chi connectivity index (χ2n) is 5.13. The molecule has 1 saturated carbocycles. The highest BCUT2D eigenvalue weighted by atomic mass is 16.5. The molecule has 1 fully saturated rings. The van der Waals surface area contributed by atoms with Crippen molar-refractivity contribution in [2.24, 2.45) is 5.92 Å². The van der Waals surface area contributed by atoms with Crippen LogP contribution in [0.3, 0.4) is 0 Å². The van der Waals surface area contributed by atoms with Gasteiger partial charge in [-0.3, -0.25) is 0 Å². The molecule has 2 N–H and O–H groups in total. The summed E-state index contributed by atoms with van der Waals surface area (Å²) in [6, 6.07) is 3.53. The van der Waals surface area contributed by atoms with E-state index in [1.165, 1.54) is 26.4 Å². The zero-order valence-corrected chi connectivity index (χ0v) is 11.6. The van der Waals surface area contributed by atoms with Gasteiger partial charge in [-0.05, 0) is 37.0 Å². The SMILES string of the molecule is COC(=O)c1cc(OCCC2CCC2)cc(C)c1N. The molecular weight excluding hydrogens is 242 g/mol. The summed E-state index contributed by atoms with van der Waals surface area (Å²) in [5, 5.41) is 0. The van der Waals surface area contributed by atoms with Gasteiger partial charge in [0.15, 0.2) is 0 Å². The number of hydrogen-bond donors (Lipinski definition) is 1. The first kappa shape index (κ1) is 13.7. The standard InChI is InChI=1S/C15H21NO3/c1-10-8-12(19-7-6-11-4-3-5-11)9-13(14(10)16)15(17)18-2/h8-9,11H,3-7,16H2,1-2H3. The van der Waals surface area contributed by atoms with E-state index in [2.05, 4.69) is 0 Å². The van der Waals surface area contributed by atoms with Crippen LogP contribution in [0.2, 0.25) is 0 Å². The van der Waals surface area contributed by atoms with Gasteiger partial charge in [-0.15, -0.1) is 0 Å². The Labute approximate surface area is 113 Å². The summed E-state index contributed by atoms with van der Waals surface area (Å²) in [6.07, 6.45) is 5.06. The van der Waals surface area contributed by atoms with Crippen LogP contribution in [0.15, 0.2) is 12.1 Å². The van der Waals surface area contributed by atoms with Crippen LogP contribution >= 0.6 is 0 Å². The maximum atomic E-state index is 11.6. The number of carbonyl (C=O) groups excluding carboxylic acids is 1. The Kier molecular flexibility index (Phi) is 4.30. The number of anilines is 1.